The molecule has 1 aromatic rings. The lowest BCUT2D eigenvalue weighted by molar-refractivity contribution is -0.246. The van der Waals surface area contributed by atoms with Crippen molar-refractivity contribution in [3.05, 3.63) is 35.9 Å². The standard InChI is InChI=1S/C16H24N2O4/c1-16(2,3)22-15(20)18(17(4)21-5)14(12-19)11-13-9-7-6-8-10-13/h6-10,12,14H,11H2,1-5H3. The fourth-order valence-corrected chi connectivity index (χ4v) is 1.90. The van der Waals surface area contributed by atoms with Crippen molar-refractivity contribution in [2.75, 3.05) is 14.2 Å². The molecular formula is C16H24N2O4. The largest absolute Gasteiger partial charge is 0.443 e. The summed E-state index contributed by atoms with van der Waals surface area (Å²) in [5.41, 5.74) is 0.280. The van der Waals surface area contributed by atoms with E-state index in [4.69, 9.17) is 9.57 Å². The molecule has 0 saturated carbocycles. The quantitative estimate of drug-likeness (QED) is 0.597. The zero-order valence-corrected chi connectivity index (χ0v) is 13.8. The van der Waals surface area contributed by atoms with E-state index in [1.807, 2.05) is 30.3 Å². The van der Waals surface area contributed by atoms with Crippen LogP contribution in [-0.4, -0.2) is 48.4 Å². The summed E-state index contributed by atoms with van der Waals surface area (Å²) in [6.07, 6.45) is 0.453. The number of rotatable bonds is 6. The molecule has 0 radical (unpaired) electrons. The van der Waals surface area contributed by atoms with Crippen LogP contribution in [0, 0.1) is 0 Å². The first kappa shape index (κ1) is 18.1. The third-order valence-electron chi connectivity index (χ3n) is 2.91. The molecule has 0 N–H and O–H groups in total. The molecule has 0 heterocycles. The number of hydrazine groups is 1. The van der Waals surface area contributed by atoms with Gasteiger partial charge in [-0.05, 0) is 26.3 Å². The SMILES string of the molecule is CON(C)N(C(=O)OC(C)(C)C)C(C=O)Cc1ccccc1. The third-order valence-corrected chi connectivity index (χ3v) is 2.91. The van der Waals surface area contributed by atoms with Crippen molar-refractivity contribution >= 4 is 12.4 Å². The number of carbonyl (C=O) groups excluding carboxylic acids is 2. The Labute approximate surface area is 131 Å². The Balaban J connectivity index is 2.97. The van der Waals surface area contributed by atoms with Crippen molar-refractivity contribution in [3.8, 4) is 0 Å². The molecule has 1 unspecified atom stereocenters. The molecule has 0 aliphatic rings. The Morgan fingerprint density at radius 2 is 1.86 bits per heavy atom. The fourth-order valence-electron chi connectivity index (χ4n) is 1.90. The predicted molar refractivity (Wildman–Crippen MR) is 82.8 cm³/mol. The van der Waals surface area contributed by atoms with E-state index >= 15 is 0 Å². The molecule has 6 heteroatoms. The van der Waals surface area contributed by atoms with Gasteiger partial charge in [0.25, 0.3) is 0 Å². The van der Waals surface area contributed by atoms with Gasteiger partial charge in [-0.3, -0.25) is 4.84 Å². The molecule has 22 heavy (non-hydrogen) atoms. The number of hydrogen-bond acceptors (Lipinski definition) is 5. The molecule has 1 rings (SSSR count). The second kappa shape index (κ2) is 7.91. The van der Waals surface area contributed by atoms with Gasteiger partial charge in [0.2, 0.25) is 0 Å². The van der Waals surface area contributed by atoms with E-state index in [-0.39, 0.29) is 0 Å². The molecule has 1 amide bonds. The maximum atomic E-state index is 12.4. The van der Waals surface area contributed by atoms with Gasteiger partial charge in [0.15, 0.2) is 0 Å². The van der Waals surface area contributed by atoms with Crippen LogP contribution in [-0.2, 0) is 20.8 Å². The molecule has 122 valence electrons. The summed E-state index contributed by atoms with van der Waals surface area (Å²) in [5.74, 6) is 0. The number of benzene rings is 1. The average Bonchev–Trinajstić information content (AvgIpc) is 2.45. The highest BCUT2D eigenvalue weighted by Crippen LogP contribution is 2.15. The second-order valence-electron chi connectivity index (χ2n) is 5.86. The third kappa shape index (κ3) is 5.46. The Kier molecular flexibility index (Phi) is 6.52. The molecule has 6 nitrogen and oxygen atoms in total. The van der Waals surface area contributed by atoms with Crippen molar-refractivity contribution in [2.45, 2.75) is 38.8 Å². The number of hydrogen-bond donors (Lipinski definition) is 0. The number of amides is 1. The van der Waals surface area contributed by atoms with Crippen LogP contribution in [0.5, 0.6) is 0 Å². The smallest absolute Gasteiger partial charge is 0.427 e. The highest BCUT2D eigenvalue weighted by atomic mass is 16.7. The van der Waals surface area contributed by atoms with E-state index in [1.165, 1.54) is 17.3 Å². The van der Waals surface area contributed by atoms with Crippen LogP contribution in [0.15, 0.2) is 30.3 Å². The van der Waals surface area contributed by atoms with Crippen LogP contribution >= 0.6 is 0 Å². The first-order valence-electron chi connectivity index (χ1n) is 7.07. The highest BCUT2D eigenvalue weighted by Gasteiger charge is 2.32. The van der Waals surface area contributed by atoms with Gasteiger partial charge >= 0.3 is 6.09 Å². The summed E-state index contributed by atoms with van der Waals surface area (Å²) in [7, 11) is 2.97. The number of nitrogens with zero attached hydrogens (tertiary/aromatic N) is 2. The molecule has 0 fully saturated rings. The molecular weight excluding hydrogens is 284 g/mol. The van der Waals surface area contributed by atoms with Crippen LogP contribution in [0.3, 0.4) is 0 Å². The first-order chi connectivity index (χ1) is 10.3. The summed E-state index contributed by atoms with van der Waals surface area (Å²) in [6.45, 7) is 5.30. The van der Waals surface area contributed by atoms with Crippen molar-refractivity contribution in [1.29, 1.82) is 0 Å². The Bertz CT molecular complexity index is 485. The molecule has 0 aliphatic carbocycles. The molecule has 0 spiro atoms. The number of aldehydes is 1. The van der Waals surface area contributed by atoms with E-state index in [0.717, 1.165) is 5.56 Å². The highest BCUT2D eigenvalue weighted by molar-refractivity contribution is 5.73. The van der Waals surface area contributed by atoms with Gasteiger partial charge in [-0.15, -0.1) is 0 Å². The fraction of sp³-hybridized carbons (Fsp3) is 0.500. The minimum absolute atomic E-state index is 0.372. The normalized spacial score (nSPS) is 12.8. The summed E-state index contributed by atoms with van der Waals surface area (Å²) < 4.78 is 5.35. The van der Waals surface area contributed by atoms with E-state index in [2.05, 4.69) is 0 Å². The first-order valence-corrected chi connectivity index (χ1v) is 7.07. The molecule has 1 aromatic carbocycles. The van der Waals surface area contributed by atoms with Crippen molar-refractivity contribution < 1.29 is 19.2 Å². The Morgan fingerprint density at radius 1 is 1.27 bits per heavy atom. The predicted octanol–water partition coefficient (Wildman–Crippen LogP) is 2.44. The minimum Gasteiger partial charge on any atom is -0.443 e. The van der Waals surface area contributed by atoms with E-state index in [0.29, 0.717) is 12.7 Å². The number of carbonyl (C=O) groups is 2. The molecule has 1 atom stereocenters. The average molecular weight is 308 g/mol. The van der Waals surface area contributed by atoms with Gasteiger partial charge in [0, 0.05) is 13.5 Å². The van der Waals surface area contributed by atoms with Gasteiger partial charge in [-0.1, -0.05) is 35.5 Å². The van der Waals surface area contributed by atoms with E-state index in [1.54, 1.807) is 27.8 Å². The van der Waals surface area contributed by atoms with E-state index < -0.39 is 17.7 Å². The summed E-state index contributed by atoms with van der Waals surface area (Å²) in [5, 5.41) is 2.38. The number of ether oxygens (including phenoxy) is 1. The lowest BCUT2D eigenvalue weighted by Crippen LogP contribution is -2.53. The van der Waals surface area contributed by atoms with Crippen LogP contribution in [0.1, 0.15) is 26.3 Å². The van der Waals surface area contributed by atoms with Crippen LogP contribution in [0.25, 0.3) is 0 Å². The van der Waals surface area contributed by atoms with Crippen LogP contribution in [0.4, 0.5) is 4.79 Å². The van der Waals surface area contributed by atoms with Crippen LogP contribution in [0.2, 0.25) is 0 Å². The summed E-state index contributed by atoms with van der Waals surface area (Å²) >= 11 is 0. The summed E-state index contributed by atoms with van der Waals surface area (Å²) in [4.78, 5) is 29.0. The number of hydroxylamine groups is 1. The van der Waals surface area contributed by atoms with Crippen molar-refractivity contribution in [1.82, 2.24) is 10.2 Å². The maximum Gasteiger partial charge on any atom is 0.427 e. The Hall–Kier alpha value is -1.92. The zero-order chi connectivity index (χ0) is 16.8. The maximum absolute atomic E-state index is 12.4. The lowest BCUT2D eigenvalue weighted by atomic mass is 10.1. The molecule has 0 aromatic heterocycles. The topological polar surface area (TPSA) is 59.1 Å². The van der Waals surface area contributed by atoms with Crippen molar-refractivity contribution in [3.63, 3.8) is 0 Å². The minimum atomic E-state index is -0.720. The van der Waals surface area contributed by atoms with Gasteiger partial charge in [-0.2, -0.15) is 0 Å². The summed E-state index contributed by atoms with van der Waals surface area (Å²) in [6, 6.07) is 8.74. The molecule has 0 aliphatic heterocycles. The van der Waals surface area contributed by atoms with Gasteiger partial charge < -0.3 is 9.53 Å². The van der Waals surface area contributed by atoms with Crippen LogP contribution < -0.4 is 0 Å². The van der Waals surface area contributed by atoms with Gasteiger partial charge in [-0.25, -0.2) is 9.80 Å². The van der Waals surface area contributed by atoms with Crippen molar-refractivity contribution in [2.24, 2.45) is 0 Å². The monoisotopic (exact) mass is 308 g/mol. The Morgan fingerprint density at radius 3 is 2.32 bits per heavy atom. The second-order valence-corrected chi connectivity index (χ2v) is 5.86. The van der Waals surface area contributed by atoms with E-state index in [9.17, 15) is 9.59 Å². The lowest BCUT2D eigenvalue weighted by Gasteiger charge is -2.35. The van der Waals surface area contributed by atoms with Gasteiger partial charge in [0.1, 0.15) is 17.9 Å². The molecule has 0 bridgehead atoms. The zero-order valence-electron chi connectivity index (χ0n) is 13.8. The van der Waals surface area contributed by atoms with Gasteiger partial charge in [0.05, 0.1) is 7.11 Å². The molecule has 0 saturated heterocycles.